The number of aryl methyl sites for hydroxylation is 1. The maximum absolute atomic E-state index is 12.7. The van der Waals surface area contributed by atoms with Crippen molar-refractivity contribution in [3.05, 3.63) is 45.7 Å². The molecular weight excluding hydrogens is 346 g/mol. The Morgan fingerprint density at radius 3 is 2.50 bits per heavy atom. The Hall–Kier alpha value is -1.66. The SMILES string of the molecule is CCN(CCO)C(=O)c1c(C)nn(-c2ccc(Br)cc2)c1C. The molecule has 0 saturated carbocycles. The van der Waals surface area contributed by atoms with Crippen LogP contribution in [0.3, 0.4) is 0 Å². The minimum absolute atomic E-state index is 0.0431. The summed E-state index contributed by atoms with van der Waals surface area (Å²) in [6.07, 6.45) is 0. The lowest BCUT2D eigenvalue weighted by Crippen LogP contribution is -2.34. The Morgan fingerprint density at radius 2 is 1.95 bits per heavy atom. The van der Waals surface area contributed by atoms with E-state index < -0.39 is 0 Å². The predicted molar refractivity (Wildman–Crippen MR) is 89.4 cm³/mol. The maximum Gasteiger partial charge on any atom is 0.257 e. The van der Waals surface area contributed by atoms with E-state index in [4.69, 9.17) is 5.11 Å². The van der Waals surface area contributed by atoms with E-state index in [2.05, 4.69) is 21.0 Å². The van der Waals surface area contributed by atoms with Crippen LogP contribution in [-0.2, 0) is 0 Å². The molecule has 1 N–H and O–H groups in total. The normalized spacial score (nSPS) is 10.8. The molecule has 0 aliphatic heterocycles. The van der Waals surface area contributed by atoms with Crippen molar-refractivity contribution in [3.8, 4) is 5.69 Å². The van der Waals surface area contributed by atoms with E-state index in [1.54, 1.807) is 9.58 Å². The van der Waals surface area contributed by atoms with E-state index in [9.17, 15) is 4.79 Å². The summed E-state index contributed by atoms with van der Waals surface area (Å²) in [6, 6.07) is 7.78. The van der Waals surface area contributed by atoms with E-state index in [1.165, 1.54) is 0 Å². The highest BCUT2D eigenvalue weighted by Gasteiger charge is 2.23. The summed E-state index contributed by atoms with van der Waals surface area (Å²) in [5, 5.41) is 13.6. The quantitative estimate of drug-likeness (QED) is 0.885. The standard InChI is InChI=1S/C16H20BrN3O2/c1-4-19(9-10-21)16(22)15-11(2)18-20(12(15)3)14-7-5-13(17)6-8-14/h5-8,21H,4,9-10H2,1-3H3. The third kappa shape index (κ3) is 3.23. The summed E-state index contributed by atoms with van der Waals surface area (Å²) in [5.41, 5.74) is 3.02. The van der Waals surface area contributed by atoms with Gasteiger partial charge in [-0.15, -0.1) is 0 Å². The van der Waals surface area contributed by atoms with Gasteiger partial charge in [0.25, 0.3) is 5.91 Å². The Bertz CT molecular complexity index is 665. The number of likely N-dealkylation sites (N-methyl/N-ethyl adjacent to an activating group) is 1. The van der Waals surface area contributed by atoms with Crippen LogP contribution >= 0.6 is 15.9 Å². The molecule has 6 heteroatoms. The molecule has 0 aliphatic carbocycles. The van der Waals surface area contributed by atoms with Gasteiger partial charge in [-0.3, -0.25) is 4.79 Å². The van der Waals surface area contributed by atoms with Gasteiger partial charge in [0, 0.05) is 17.6 Å². The van der Waals surface area contributed by atoms with Crippen molar-refractivity contribution in [3.63, 3.8) is 0 Å². The van der Waals surface area contributed by atoms with E-state index in [1.807, 2.05) is 45.0 Å². The molecule has 22 heavy (non-hydrogen) atoms. The van der Waals surface area contributed by atoms with Gasteiger partial charge < -0.3 is 10.0 Å². The summed E-state index contributed by atoms with van der Waals surface area (Å²) in [7, 11) is 0. The molecule has 0 saturated heterocycles. The van der Waals surface area contributed by atoms with Gasteiger partial charge in [0.05, 0.1) is 29.2 Å². The van der Waals surface area contributed by atoms with Gasteiger partial charge in [-0.2, -0.15) is 5.10 Å². The summed E-state index contributed by atoms with van der Waals surface area (Å²) >= 11 is 3.41. The number of nitrogens with zero attached hydrogens (tertiary/aromatic N) is 3. The number of carbonyl (C=O) groups excluding carboxylic acids is 1. The molecule has 0 radical (unpaired) electrons. The van der Waals surface area contributed by atoms with Gasteiger partial charge in [-0.05, 0) is 45.0 Å². The van der Waals surface area contributed by atoms with Crippen molar-refractivity contribution < 1.29 is 9.90 Å². The number of halogens is 1. The first-order valence-electron chi connectivity index (χ1n) is 7.21. The Balaban J connectivity index is 2.42. The second-order valence-corrected chi connectivity index (χ2v) is 5.96. The molecule has 0 bridgehead atoms. The number of carbonyl (C=O) groups is 1. The molecule has 0 unspecified atom stereocenters. The lowest BCUT2D eigenvalue weighted by Gasteiger charge is -2.19. The number of aliphatic hydroxyl groups excluding tert-OH is 1. The number of hydrogen-bond donors (Lipinski definition) is 1. The second-order valence-electron chi connectivity index (χ2n) is 5.04. The van der Waals surface area contributed by atoms with Crippen LogP contribution < -0.4 is 0 Å². The molecule has 1 aromatic carbocycles. The van der Waals surface area contributed by atoms with Gasteiger partial charge in [0.15, 0.2) is 0 Å². The van der Waals surface area contributed by atoms with Crippen LogP contribution in [0.25, 0.3) is 5.69 Å². The average Bonchev–Trinajstić information content (AvgIpc) is 2.80. The topological polar surface area (TPSA) is 58.4 Å². The minimum atomic E-state index is -0.0880. The van der Waals surface area contributed by atoms with Gasteiger partial charge in [0.1, 0.15) is 0 Å². The average molecular weight is 366 g/mol. The molecule has 0 atom stereocenters. The predicted octanol–water partition coefficient (Wildman–Crippen LogP) is 2.71. The molecule has 2 aromatic rings. The van der Waals surface area contributed by atoms with Crippen molar-refractivity contribution in [2.24, 2.45) is 0 Å². The maximum atomic E-state index is 12.7. The lowest BCUT2D eigenvalue weighted by molar-refractivity contribution is 0.0730. The Morgan fingerprint density at radius 1 is 1.32 bits per heavy atom. The van der Waals surface area contributed by atoms with Crippen LogP contribution in [-0.4, -0.2) is 45.4 Å². The number of amides is 1. The molecule has 0 fully saturated rings. The van der Waals surface area contributed by atoms with Gasteiger partial charge in [-0.1, -0.05) is 15.9 Å². The highest BCUT2D eigenvalue weighted by molar-refractivity contribution is 9.10. The van der Waals surface area contributed by atoms with Crippen LogP contribution in [0.4, 0.5) is 0 Å². The molecule has 1 amide bonds. The van der Waals surface area contributed by atoms with Crippen molar-refractivity contribution in [1.29, 1.82) is 0 Å². The Kier molecular flexibility index (Phi) is 5.37. The van der Waals surface area contributed by atoms with Crippen LogP contribution in [0, 0.1) is 13.8 Å². The van der Waals surface area contributed by atoms with E-state index in [0.29, 0.717) is 24.3 Å². The minimum Gasteiger partial charge on any atom is -0.395 e. The summed E-state index contributed by atoms with van der Waals surface area (Å²) in [6.45, 7) is 6.47. The fourth-order valence-electron chi connectivity index (χ4n) is 2.47. The zero-order valence-electron chi connectivity index (χ0n) is 13.0. The highest BCUT2D eigenvalue weighted by Crippen LogP contribution is 2.21. The van der Waals surface area contributed by atoms with Gasteiger partial charge in [0.2, 0.25) is 0 Å². The van der Waals surface area contributed by atoms with Crippen LogP contribution in [0.2, 0.25) is 0 Å². The molecule has 1 heterocycles. The smallest absolute Gasteiger partial charge is 0.257 e. The van der Waals surface area contributed by atoms with Crippen molar-refractivity contribution in [2.45, 2.75) is 20.8 Å². The number of hydrogen-bond acceptors (Lipinski definition) is 3. The zero-order valence-corrected chi connectivity index (χ0v) is 14.6. The molecule has 0 spiro atoms. The first kappa shape index (κ1) is 16.7. The summed E-state index contributed by atoms with van der Waals surface area (Å²) in [5.74, 6) is -0.0880. The molecule has 5 nitrogen and oxygen atoms in total. The fourth-order valence-corrected chi connectivity index (χ4v) is 2.73. The number of benzene rings is 1. The first-order valence-corrected chi connectivity index (χ1v) is 8.01. The molecule has 1 aromatic heterocycles. The third-order valence-corrected chi connectivity index (χ3v) is 4.14. The van der Waals surface area contributed by atoms with Crippen molar-refractivity contribution >= 4 is 21.8 Å². The number of aliphatic hydroxyl groups is 1. The molecule has 118 valence electrons. The number of rotatable bonds is 5. The summed E-state index contributed by atoms with van der Waals surface area (Å²) < 4.78 is 2.77. The van der Waals surface area contributed by atoms with Crippen molar-refractivity contribution in [2.75, 3.05) is 19.7 Å². The monoisotopic (exact) mass is 365 g/mol. The largest absolute Gasteiger partial charge is 0.395 e. The van der Waals surface area contributed by atoms with E-state index in [-0.39, 0.29) is 12.5 Å². The van der Waals surface area contributed by atoms with E-state index in [0.717, 1.165) is 15.9 Å². The first-order chi connectivity index (χ1) is 10.5. The van der Waals surface area contributed by atoms with Crippen molar-refractivity contribution in [1.82, 2.24) is 14.7 Å². The lowest BCUT2D eigenvalue weighted by atomic mass is 10.1. The molecular formula is C16H20BrN3O2. The number of aromatic nitrogens is 2. The summed E-state index contributed by atoms with van der Waals surface area (Å²) in [4.78, 5) is 14.3. The second kappa shape index (κ2) is 7.07. The van der Waals surface area contributed by atoms with Crippen LogP contribution in [0.15, 0.2) is 28.7 Å². The van der Waals surface area contributed by atoms with Crippen LogP contribution in [0.1, 0.15) is 28.7 Å². The van der Waals surface area contributed by atoms with E-state index >= 15 is 0 Å². The Labute approximate surface area is 138 Å². The highest BCUT2D eigenvalue weighted by atomic mass is 79.9. The van der Waals surface area contributed by atoms with Gasteiger partial charge >= 0.3 is 0 Å². The fraction of sp³-hybridized carbons (Fsp3) is 0.375. The molecule has 2 rings (SSSR count). The van der Waals surface area contributed by atoms with Crippen LogP contribution in [0.5, 0.6) is 0 Å². The molecule has 0 aliphatic rings. The third-order valence-electron chi connectivity index (χ3n) is 3.62. The zero-order chi connectivity index (χ0) is 16.3. The van der Waals surface area contributed by atoms with Gasteiger partial charge in [-0.25, -0.2) is 4.68 Å².